The van der Waals surface area contributed by atoms with Gasteiger partial charge in [0.05, 0.1) is 35.3 Å². The largest absolute Gasteiger partial charge is 0.462 e. The Hall–Kier alpha value is -3.25. The van der Waals surface area contributed by atoms with E-state index in [1.807, 2.05) is 49.5 Å². The first-order valence-corrected chi connectivity index (χ1v) is 9.67. The average molecular weight is 407 g/mol. The minimum Gasteiger partial charge on any atom is -0.462 e. The molecule has 0 radical (unpaired) electrons. The van der Waals surface area contributed by atoms with Crippen molar-refractivity contribution >= 4 is 28.5 Å². The average Bonchev–Trinajstić information content (AvgIpc) is 3.19. The number of halogens is 1. The summed E-state index contributed by atoms with van der Waals surface area (Å²) in [6.45, 7) is 2.31. The number of rotatable bonds is 6. The Labute approximate surface area is 173 Å². The minimum absolute atomic E-state index is 0.310. The van der Waals surface area contributed by atoms with Gasteiger partial charge in [0.25, 0.3) is 0 Å². The number of fused-ring (bicyclic) bond motifs is 1. The molecule has 0 spiro atoms. The number of aromatic nitrogens is 4. The molecule has 7 heteroatoms. The zero-order valence-electron chi connectivity index (χ0n) is 15.9. The van der Waals surface area contributed by atoms with Crippen LogP contribution < -0.4 is 0 Å². The van der Waals surface area contributed by atoms with E-state index >= 15 is 0 Å². The molecule has 6 nitrogen and oxygen atoms in total. The van der Waals surface area contributed by atoms with Gasteiger partial charge in [0, 0.05) is 16.6 Å². The lowest BCUT2D eigenvalue weighted by molar-refractivity contribution is 0.0500. The molecule has 2 aromatic carbocycles. The molecule has 0 aliphatic rings. The number of esters is 1. The normalized spacial score (nSPS) is 11.0. The first kappa shape index (κ1) is 19.1. The van der Waals surface area contributed by atoms with Crippen LogP contribution in [0.1, 0.15) is 28.0 Å². The molecule has 0 amide bonds. The van der Waals surface area contributed by atoms with Crippen molar-refractivity contribution in [2.24, 2.45) is 0 Å². The summed E-state index contributed by atoms with van der Waals surface area (Å²) >= 11 is 6.05. The maximum Gasteiger partial charge on any atom is 0.338 e. The third kappa shape index (κ3) is 4.43. The van der Waals surface area contributed by atoms with Crippen LogP contribution in [0.4, 0.5) is 0 Å². The van der Waals surface area contributed by atoms with Crippen LogP contribution in [0.5, 0.6) is 0 Å². The van der Waals surface area contributed by atoms with Gasteiger partial charge in [0.15, 0.2) is 0 Å². The van der Waals surface area contributed by atoms with Gasteiger partial charge in [-0.2, -0.15) is 0 Å². The van der Waals surface area contributed by atoms with Crippen molar-refractivity contribution < 1.29 is 9.53 Å². The number of aryl methyl sites for hydroxylation is 2. The summed E-state index contributed by atoms with van der Waals surface area (Å²) in [5.74, 6) is -0.310. The minimum atomic E-state index is -0.310. The van der Waals surface area contributed by atoms with Gasteiger partial charge in [-0.15, -0.1) is 5.10 Å². The quantitative estimate of drug-likeness (QED) is 0.346. The fourth-order valence-electron chi connectivity index (χ4n) is 3.03. The summed E-state index contributed by atoms with van der Waals surface area (Å²) < 4.78 is 7.06. The third-order valence-electron chi connectivity index (χ3n) is 4.57. The summed E-state index contributed by atoms with van der Waals surface area (Å²) in [5.41, 5.74) is 4.18. The maximum atomic E-state index is 12.0. The zero-order valence-corrected chi connectivity index (χ0v) is 16.6. The smallest absolute Gasteiger partial charge is 0.338 e. The molecule has 0 aliphatic heterocycles. The molecule has 146 valence electrons. The number of carbonyl (C=O) groups is 1. The van der Waals surface area contributed by atoms with E-state index in [2.05, 4.69) is 15.3 Å². The number of nitrogens with zero attached hydrogens (tertiary/aromatic N) is 4. The molecule has 0 atom stereocenters. The lowest BCUT2D eigenvalue weighted by Crippen LogP contribution is -2.07. The summed E-state index contributed by atoms with van der Waals surface area (Å²) in [5, 5.41) is 10.0. The predicted molar refractivity (Wildman–Crippen MR) is 111 cm³/mol. The van der Waals surface area contributed by atoms with Crippen molar-refractivity contribution in [1.82, 2.24) is 20.0 Å². The number of carbonyl (C=O) groups excluding carboxylic acids is 1. The number of benzene rings is 2. The second kappa shape index (κ2) is 8.41. The van der Waals surface area contributed by atoms with E-state index in [0.29, 0.717) is 30.0 Å². The van der Waals surface area contributed by atoms with Crippen LogP contribution in [0.3, 0.4) is 0 Å². The van der Waals surface area contributed by atoms with Crippen LogP contribution in [-0.2, 0) is 11.2 Å². The Morgan fingerprint density at radius 2 is 1.97 bits per heavy atom. The molecule has 4 rings (SSSR count). The zero-order chi connectivity index (χ0) is 20.2. The highest BCUT2D eigenvalue weighted by Crippen LogP contribution is 2.23. The van der Waals surface area contributed by atoms with Crippen molar-refractivity contribution in [1.29, 1.82) is 0 Å². The Morgan fingerprint density at radius 1 is 1.14 bits per heavy atom. The van der Waals surface area contributed by atoms with Crippen LogP contribution in [-0.4, -0.2) is 32.6 Å². The van der Waals surface area contributed by atoms with Crippen LogP contribution in [0.25, 0.3) is 16.6 Å². The van der Waals surface area contributed by atoms with Gasteiger partial charge >= 0.3 is 5.97 Å². The second-order valence-electron chi connectivity index (χ2n) is 6.75. The SMILES string of the molecule is Cc1ccc(C(=O)OCCCc2cn(-c3ccnc4cc(Cl)ccc34)nn2)cc1. The maximum absolute atomic E-state index is 12.0. The summed E-state index contributed by atoms with van der Waals surface area (Å²) in [6, 6.07) is 14.8. The highest BCUT2D eigenvalue weighted by Gasteiger charge is 2.09. The van der Waals surface area contributed by atoms with E-state index in [0.717, 1.165) is 27.8 Å². The van der Waals surface area contributed by atoms with Gasteiger partial charge in [-0.25, -0.2) is 9.48 Å². The van der Waals surface area contributed by atoms with Crippen molar-refractivity contribution in [3.63, 3.8) is 0 Å². The Morgan fingerprint density at radius 3 is 2.79 bits per heavy atom. The molecule has 0 fully saturated rings. The van der Waals surface area contributed by atoms with Crippen molar-refractivity contribution in [3.05, 3.63) is 82.8 Å². The van der Waals surface area contributed by atoms with Gasteiger partial charge in [-0.05, 0) is 56.2 Å². The van der Waals surface area contributed by atoms with Crippen molar-refractivity contribution in [2.45, 2.75) is 19.8 Å². The molecular weight excluding hydrogens is 388 g/mol. The first-order chi connectivity index (χ1) is 14.1. The first-order valence-electron chi connectivity index (χ1n) is 9.30. The van der Waals surface area contributed by atoms with E-state index in [1.54, 1.807) is 23.0 Å². The molecular formula is C22H19ClN4O2. The van der Waals surface area contributed by atoms with E-state index in [1.165, 1.54) is 0 Å². The van der Waals surface area contributed by atoms with E-state index in [9.17, 15) is 4.79 Å². The molecule has 0 bridgehead atoms. The Bertz CT molecular complexity index is 1160. The van der Waals surface area contributed by atoms with Gasteiger partial charge in [-0.3, -0.25) is 4.98 Å². The molecule has 29 heavy (non-hydrogen) atoms. The van der Waals surface area contributed by atoms with Crippen LogP contribution >= 0.6 is 11.6 Å². The lowest BCUT2D eigenvalue weighted by atomic mass is 10.1. The highest BCUT2D eigenvalue weighted by atomic mass is 35.5. The van der Waals surface area contributed by atoms with Crippen LogP contribution in [0.2, 0.25) is 5.02 Å². The fourth-order valence-corrected chi connectivity index (χ4v) is 3.19. The summed E-state index contributed by atoms with van der Waals surface area (Å²) in [4.78, 5) is 16.4. The molecule has 0 saturated heterocycles. The summed E-state index contributed by atoms with van der Waals surface area (Å²) in [7, 11) is 0. The molecule has 0 unspecified atom stereocenters. The van der Waals surface area contributed by atoms with Gasteiger partial charge in [-0.1, -0.05) is 34.5 Å². The monoisotopic (exact) mass is 406 g/mol. The molecule has 0 aliphatic carbocycles. The standard InChI is InChI=1S/C22H19ClN4O2/c1-15-4-6-16(7-5-15)22(28)29-12-2-3-18-14-27(26-25-18)21-10-11-24-20-13-17(23)8-9-19(20)21/h4-11,13-14H,2-3,12H2,1H3. The molecule has 2 heterocycles. The Kier molecular flexibility index (Phi) is 5.53. The number of pyridine rings is 1. The third-order valence-corrected chi connectivity index (χ3v) is 4.80. The Balaban J connectivity index is 1.36. The van der Waals surface area contributed by atoms with Crippen LogP contribution in [0.15, 0.2) is 60.9 Å². The topological polar surface area (TPSA) is 69.9 Å². The lowest BCUT2D eigenvalue weighted by Gasteiger charge is -2.05. The highest BCUT2D eigenvalue weighted by molar-refractivity contribution is 6.31. The molecule has 2 aromatic heterocycles. The molecule has 0 saturated carbocycles. The second-order valence-corrected chi connectivity index (χ2v) is 7.19. The fraction of sp³-hybridized carbons (Fsp3) is 0.182. The van der Waals surface area contributed by atoms with E-state index in [4.69, 9.17) is 16.3 Å². The van der Waals surface area contributed by atoms with Crippen molar-refractivity contribution in [2.75, 3.05) is 6.61 Å². The van der Waals surface area contributed by atoms with E-state index in [-0.39, 0.29) is 5.97 Å². The van der Waals surface area contributed by atoms with Gasteiger partial charge < -0.3 is 4.74 Å². The summed E-state index contributed by atoms with van der Waals surface area (Å²) in [6.07, 6.45) is 4.93. The van der Waals surface area contributed by atoms with Gasteiger partial charge in [0.2, 0.25) is 0 Å². The number of ether oxygens (including phenoxy) is 1. The molecule has 4 aromatic rings. The predicted octanol–water partition coefficient (Wildman–Crippen LogP) is 4.57. The van der Waals surface area contributed by atoms with Crippen molar-refractivity contribution in [3.8, 4) is 5.69 Å². The number of hydrogen-bond donors (Lipinski definition) is 0. The van der Waals surface area contributed by atoms with Gasteiger partial charge in [0.1, 0.15) is 0 Å². The van der Waals surface area contributed by atoms with Crippen LogP contribution in [0, 0.1) is 6.92 Å². The molecule has 0 N–H and O–H groups in total. The van der Waals surface area contributed by atoms with E-state index < -0.39 is 0 Å². The number of hydrogen-bond acceptors (Lipinski definition) is 5.